The molecule has 30 heavy (non-hydrogen) atoms. The fraction of sp³-hybridized carbons (Fsp3) is 0.571. The van der Waals surface area contributed by atoms with Gasteiger partial charge in [-0.1, -0.05) is 6.07 Å². The van der Waals surface area contributed by atoms with E-state index >= 15 is 0 Å². The lowest BCUT2D eigenvalue weighted by atomic mass is 10.1. The second-order valence-corrected chi connectivity index (χ2v) is 7.50. The molecular weight excluding hydrogens is 396 g/mol. The maximum atomic E-state index is 12.5. The van der Waals surface area contributed by atoms with E-state index in [0.29, 0.717) is 11.5 Å². The van der Waals surface area contributed by atoms with Crippen LogP contribution in [0, 0.1) is 0 Å². The van der Waals surface area contributed by atoms with Crippen molar-refractivity contribution in [2.75, 3.05) is 20.8 Å². The van der Waals surface area contributed by atoms with Crippen molar-refractivity contribution in [3.63, 3.8) is 0 Å². The van der Waals surface area contributed by atoms with Crippen LogP contribution < -0.4 is 9.47 Å². The van der Waals surface area contributed by atoms with Crippen LogP contribution in [0.25, 0.3) is 0 Å². The zero-order valence-corrected chi connectivity index (χ0v) is 17.6. The number of carbonyl (C=O) groups excluding carboxylic acids is 1. The molecule has 3 aliphatic heterocycles. The Morgan fingerprint density at radius 3 is 2.57 bits per heavy atom. The molecule has 0 spiro atoms. The first-order valence-electron chi connectivity index (χ1n) is 9.79. The molecular formula is C21H26O9. The van der Waals surface area contributed by atoms with E-state index in [2.05, 4.69) is 0 Å². The van der Waals surface area contributed by atoms with Crippen molar-refractivity contribution in [2.24, 2.45) is 0 Å². The minimum Gasteiger partial charge on any atom is -0.493 e. The Bertz CT molecular complexity index is 847. The summed E-state index contributed by atoms with van der Waals surface area (Å²) in [6.07, 6.45) is -2.26. The van der Waals surface area contributed by atoms with Crippen LogP contribution in [0.1, 0.15) is 26.3 Å². The third-order valence-electron chi connectivity index (χ3n) is 5.03. The molecule has 1 aromatic carbocycles. The van der Waals surface area contributed by atoms with Gasteiger partial charge in [0.25, 0.3) is 0 Å². The molecule has 0 radical (unpaired) electrons. The summed E-state index contributed by atoms with van der Waals surface area (Å²) in [6, 6.07) is 5.43. The SMILES string of the molecule is CCOC(=O)C1=C(OCc2ccc(OC)c(OC)c2)C2O[C@@H]3OC(C)(C)O[C@@H]3C2O1. The van der Waals surface area contributed by atoms with Gasteiger partial charge in [-0.3, -0.25) is 0 Å². The molecule has 9 nitrogen and oxygen atoms in total. The number of methoxy groups -OCH3 is 2. The van der Waals surface area contributed by atoms with Crippen molar-refractivity contribution < 1.29 is 42.7 Å². The highest BCUT2D eigenvalue weighted by atomic mass is 16.8. The van der Waals surface area contributed by atoms with Gasteiger partial charge in [-0.05, 0) is 38.5 Å². The Balaban J connectivity index is 1.54. The standard InChI is InChI=1S/C21H26O9/c1-6-25-19(22)17-14(26-10-11-7-8-12(23-4)13(9-11)24-5)15-16(27-17)18-20(28-15)30-21(2,3)29-18/h7-9,15-16,18,20H,6,10H2,1-5H3/t15?,16?,18-,20-/m1/s1. The predicted octanol–water partition coefficient (Wildman–Crippen LogP) is 2.27. The van der Waals surface area contributed by atoms with Crippen molar-refractivity contribution in [3.05, 3.63) is 35.3 Å². The zero-order chi connectivity index (χ0) is 21.5. The molecule has 0 saturated carbocycles. The highest BCUT2D eigenvalue weighted by Crippen LogP contribution is 2.45. The van der Waals surface area contributed by atoms with E-state index < -0.39 is 36.4 Å². The Morgan fingerprint density at radius 1 is 1.10 bits per heavy atom. The molecule has 1 aromatic rings. The second kappa shape index (κ2) is 7.98. The summed E-state index contributed by atoms with van der Waals surface area (Å²) in [6.45, 7) is 5.70. The summed E-state index contributed by atoms with van der Waals surface area (Å²) in [5.41, 5.74) is 0.818. The first kappa shape index (κ1) is 20.8. The van der Waals surface area contributed by atoms with E-state index in [-0.39, 0.29) is 24.7 Å². The first-order chi connectivity index (χ1) is 14.4. The monoisotopic (exact) mass is 422 g/mol. The summed E-state index contributed by atoms with van der Waals surface area (Å²) in [4.78, 5) is 12.5. The number of esters is 1. The molecule has 2 saturated heterocycles. The van der Waals surface area contributed by atoms with Crippen molar-refractivity contribution in [1.82, 2.24) is 0 Å². The Kier molecular flexibility index (Phi) is 5.52. The van der Waals surface area contributed by atoms with Gasteiger partial charge < -0.3 is 37.9 Å². The number of hydrogen-bond acceptors (Lipinski definition) is 9. The van der Waals surface area contributed by atoms with Gasteiger partial charge >= 0.3 is 5.97 Å². The van der Waals surface area contributed by atoms with Gasteiger partial charge in [0.05, 0.1) is 20.8 Å². The molecule has 9 heteroatoms. The van der Waals surface area contributed by atoms with E-state index in [0.717, 1.165) is 5.56 Å². The molecule has 4 atom stereocenters. The number of hydrogen-bond donors (Lipinski definition) is 0. The lowest BCUT2D eigenvalue weighted by molar-refractivity contribution is -0.210. The average Bonchev–Trinajstić information content (AvgIpc) is 3.32. The highest BCUT2D eigenvalue weighted by Gasteiger charge is 2.61. The minimum atomic E-state index is -0.795. The fourth-order valence-electron chi connectivity index (χ4n) is 3.77. The first-order valence-corrected chi connectivity index (χ1v) is 9.79. The van der Waals surface area contributed by atoms with Crippen molar-refractivity contribution in [2.45, 2.75) is 57.8 Å². The minimum absolute atomic E-state index is 0.000849. The summed E-state index contributed by atoms with van der Waals surface area (Å²) < 4.78 is 45.3. The number of ether oxygens (including phenoxy) is 8. The van der Waals surface area contributed by atoms with Gasteiger partial charge in [-0.15, -0.1) is 0 Å². The third-order valence-corrected chi connectivity index (χ3v) is 5.03. The number of fused-ring (bicyclic) bond motifs is 3. The topological polar surface area (TPSA) is 90.9 Å². The summed E-state index contributed by atoms with van der Waals surface area (Å²) in [5.74, 6) is 0.0614. The molecule has 3 aliphatic rings. The molecule has 0 amide bonds. The quantitative estimate of drug-likeness (QED) is 0.614. The lowest BCUT2D eigenvalue weighted by Gasteiger charge is -2.22. The molecule has 2 fully saturated rings. The van der Waals surface area contributed by atoms with Crippen LogP contribution in [0.5, 0.6) is 11.5 Å². The summed E-state index contributed by atoms with van der Waals surface area (Å²) in [7, 11) is 3.13. The van der Waals surface area contributed by atoms with Crippen LogP contribution in [0.3, 0.4) is 0 Å². The Morgan fingerprint density at radius 2 is 1.87 bits per heavy atom. The number of benzene rings is 1. The predicted molar refractivity (Wildman–Crippen MR) is 102 cm³/mol. The molecule has 3 heterocycles. The molecule has 2 unspecified atom stereocenters. The van der Waals surface area contributed by atoms with Gasteiger partial charge in [0.15, 0.2) is 47.6 Å². The number of carbonyl (C=O) groups is 1. The summed E-state index contributed by atoms with van der Waals surface area (Å²) in [5, 5.41) is 0. The number of rotatable bonds is 7. The van der Waals surface area contributed by atoms with E-state index in [9.17, 15) is 4.79 Å². The largest absolute Gasteiger partial charge is 0.493 e. The second-order valence-electron chi connectivity index (χ2n) is 7.50. The zero-order valence-electron chi connectivity index (χ0n) is 17.6. The van der Waals surface area contributed by atoms with E-state index in [4.69, 9.17) is 37.9 Å². The smallest absolute Gasteiger partial charge is 0.377 e. The maximum absolute atomic E-state index is 12.5. The molecule has 0 aromatic heterocycles. The van der Waals surface area contributed by atoms with Gasteiger partial charge in [0.2, 0.25) is 5.76 Å². The van der Waals surface area contributed by atoms with Crippen LogP contribution in [0.15, 0.2) is 29.7 Å². The Labute approximate surface area is 174 Å². The van der Waals surface area contributed by atoms with Crippen LogP contribution in [-0.4, -0.2) is 57.2 Å². The molecule has 0 N–H and O–H groups in total. The molecule has 164 valence electrons. The third kappa shape index (κ3) is 3.68. The maximum Gasteiger partial charge on any atom is 0.377 e. The Hall–Kier alpha value is -2.49. The molecule has 0 bridgehead atoms. The van der Waals surface area contributed by atoms with Crippen molar-refractivity contribution >= 4 is 5.97 Å². The fourth-order valence-corrected chi connectivity index (χ4v) is 3.77. The van der Waals surface area contributed by atoms with Crippen molar-refractivity contribution in [1.29, 1.82) is 0 Å². The highest BCUT2D eigenvalue weighted by molar-refractivity contribution is 5.87. The van der Waals surface area contributed by atoms with E-state index in [1.807, 2.05) is 6.07 Å². The van der Waals surface area contributed by atoms with Crippen LogP contribution >= 0.6 is 0 Å². The van der Waals surface area contributed by atoms with Crippen LogP contribution in [0.4, 0.5) is 0 Å². The average molecular weight is 422 g/mol. The lowest BCUT2D eigenvalue weighted by Crippen LogP contribution is -2.34. The van der Waals surface area contributed by atoms with E-state index in [1.54, 1.807) is 47.1 Å². The van der Waals surface area contributed by atoms with Gasteiger partial charge in [0.1, 0.15) is 6.61 Å². The van der Waals surface area contributed by atoms with Crippen LogP contribution in [-0.2, 0) is 39.8 Å². The van der Waals surface area contributed by atoms with Crippen LogP contribution in [0.2, 0.25) is 0 Å². The normalized spacial score (nSPS) is 28.6. The molecule has 4 rings (SSSR count). The molecule has 0 aliphatic carbocycles. The van der Waals surface area contributed by atoms with Gasteiger partial charge in [-0.2, -0.15) is 0 Å². The van der Waals surface area contributed by atoms with E-state index in [1.165, 1.54) is 0 Å². The van der Waals surface area contributed by atoms with Gasteiger partial charge in [-0.25, -0.2) is 4.79 Å². The summed E-state index contributed by atoms with van der Waals surface area (Å²) >= 11 is 0. The van der Waals surface area contributed by atoms with Crippen molar-refractivity contribution in [3.8, 4) is 11.5 Å². The van der Waals surface area contributed by atoms with Gasteiger partial charge in [0, 0.05) is 0 Å².